The molecule has 0 aliphatic carbocycles. The van der Waals surface area contributed by atoms with Crippen LogP contribution in [0.1, 0.15) is 22.9 Å². The Hall–Kier alpha value is -0.380. The maximum Gasteiger partial charge on any atom is 0.0774 e. The molecule has 1 aromatic heterocycles. The first-order chi connectivity index (χ1) is 5.40. The lowest BCUT2D eigenvalue weighted by Crippen LogP contribution is -2.34. The predicted molar refractivity (Wildman–Crippen MR) is 45.6 cm³/mol. The summed E-state index contributed by atoms with van der Waals surface area (Å²) in [5.41, 5.74) is 1.34. The highest BCUT2D eigenvalue weighted by Crippen LogP contribution is 2.26. The average Bonchev–Trinajstić information content (AvgIpc) is 2.32. The molecule has 1 saturated heterocycles. The zero-order valence-corrected chi connectivity index (χ0v) is 7.03. The topological polar surface area (TPSA) is 32.3 Å². The highest BCUT2D eigenvalue weighted by Gasteiger charge is 2.18. The molecule has 1 aromatic rings. The molecule has 2 heterocycles. The smallest absolute Gasteiger partial charge is 0.0774 e. The third-order valence-corrected chi connectivity index (χ3v) is 3.00. The number of hydrogen-bond acceptors (Lipinski definition) is 3. The van der Waals surface area contributed by atoms with E-state index < -0.39 is 0 Å². The zero-order chi connectivity index (χ0) is 7.68. The van der Waals surface area contributed by atoms with Gasteiger partial charge < -0.3 is 10.4 Å². The molecule has 0 radical (unpaired) electrons. The van der Waals surface area contributed by atoms with Gasteiger partial charge >= 0.3 is 0 Å². The number of aliphatic hydroxyl groups excluding tert-OH is 1. The molecular formula is C8H11NOS. The zero-order valence-electron chi connectivity index (χ0n) is 6.21. The van der Waals surface area contributed by atoms with Crippen molar-refractivity contribution in [2.75, 3.05) is 6.54 Å². The van der Waals surface area contributed by atoms with Crippen molar-refractivity contribution >= 4 is 11.3 Å². The van der Waals surface area contributed by atoms with E-state index in [0.717, 1.165) is 11.4 Å². The number of rotatable bonds is 2. The maximum atomic E-state index is 8.81. The van der Waals surface area contributed by atoms with Crippen molar-refractivity contribution in [3.8, 4) is 0 Å². The van der Waals surface area contributed by atoms with Crippen molar-refractivity contribution in [1.29, 1.82) is 0 Å². The monoisotopic (exact) mass is 169 g/mol. The molecule has 1 fully saturated rings. The molecular weight excluding hydrogens is 158 g/mol. The SMILES string of the molecule is OCc1cc([C@H]2CCN2)cs1. The van der Waals surface area contributed by atoms with Gasteiger partial charge in [-0.3, -0.25) is 0 Å². The molecule has 0 amide bonds. The third kappa shape index (κ3) is 1.31. The molecule has 0 aromatic carbocycles. The van der Waals surface area contributed by atoms with Gasteiger partial charge in [-0.05, 0) is 30.0 Å². The van der Waals surface area contributed by atoms with Gasteiger partial charge in [-0.2, -0.15) is 0 Å². The van der Waals surface area contributed by atoms with Crippen LogP contribution in [0.4, 0.5) is 0 Å². The fraction of sp³-hybridized carbons (Fsp3) is 0.500. The average molecular weight is 169 g/mol. The normalized spacial score (nSPS) is 23.2. The minimum atomic E-state index is 0.178. The summed E-state index contributed by atoms with van der Waals surface area (Å²) in [6.45, 7) is 1.31. The Morgan fingerprint density at radius 1 is 1.73 bits per heavy atom. The number of thiophene rings is 1. The molecule has 0 bridgehead atoms. The minimum Gasteiger partial charge on any atom is -0.391 e. The van der Waals surface area contributed by atoms with Gasteiger partial charge in [-0.15, -0.1) is 11.3 Å². The minimum absolute atomic E-state index is 0.178. The van der Waals surface area contributed by atoms with Crippen LogP contribution in [-0.2, 0) is 6.61 Å². The van der Waals surface area contributed by atoms with E-state index in [0.29, 0.717) is 6.04 Å². The van der Waals surface area contributed by atoms with E-state index in [1.54, 1.807) is 11.3 Å². The van der Waals surface area contributed by atoms with E-state index in [1.165, 1.54) is 12.0 Å². The standard InChI is InChI=1S/C8H11NOS/c10-4-7-3-6(5-11-7)8-1-2-9-8/h3,5,8-10H,1-2,4H2/t8-/m1/s1. The van der Waals surface area contributed by atoms with E-state index in [2.05, 4.69) is 16.8 Å². The molecule has 3 heteroatoms. The van der Waals surface area contributed by atoms with E-state index in [1.807, 2.05) is 0 Å². The molecule has 0 spiro atoms. The summed E-state index contributed by atoms with van der Waals surface area (Å²) in [6.07, 6.45) is 1.24. The Morgan fingerprint density at radius 2 is 2.55 bits per heavy atom. The lowest BCUT2D eigenvalue weighted by Gasteiger charge is -2.26. The molecule has 1 atom stereocenters. The summed E-state index contributed by atoms with van der Waals surface area (Å²) in [7, 11) is 0. The van der Waals surface area contributed by atoms with Crippen molar-refractivity contribution in [2.45, 2.75) is 19.1 Å². The summed E-state index contributed by atoms with van der Waals surface area (Å²) < 4.78 is 0. The van der Waals surface area contributed by atoms with Gasteiger partial charge in [0.15, 0.2) is 0 Å². The largest absolute Gasteiger partial charge is 0.391 e. The third-order valence-electron chi connectivity index (χ3n) is 2.06. The maximum absolute atomic E-state index is 8.81. The Bertz CT molecular complexity index is 242. The van der Waals surface area contributed by atoms with Crippen LogP contribution in [0.25, 0.3) is 0 Å². The van der Waals surface area contributed by atoms with Gasteiger partial charge in [-0.25, -0.2) is 0 Å². The fourth-order valence-corrected chi connectivity index (χ4v) is 2.03. The van der Waals surface area contributed by atoms with E-state index >= 15 is 0 Å². The molecule has 2 N–H and O–H groups in total. The summed E-state index contributed by atoms with van der Waals surface area (Å²) in [4.78, 5) is 1.06. The molecule has 0 unspecified atom stereocenters. The first-order valence-corrected chi connectivity index (χ1v) is 4.69. The molecule has 2 nitrogen and oxygen atoms in total. The Morgan fingerprint density at radius 3 is 3.00 bits per heavy atom. The van der Waals surface area contributed by atoms with Crippen LogP contribution in [0.2, 0.25) is 0 Å². The van der Waals surface area contributed by atoms with Crippen LogP contribution in [0, 0.1) is 0 Å². The van der Waals surface area contributed by atoms with Crippen LogP contribution in [0.15, 0.2) is 11.4 Å². The molecule has 60 valence electrons. The van der Waals surface area contributed by atoms with Crippen molar-refractivity contribution < 1.29 is 5.11 Å². The quantitative estimate of drug-likeness (QED) is 0.699. The summed E-state index contributed by atoms with van der Waals surface area (Å²) in [5, 5.41) is 14.3. The lowest BCUT2D eigenvalue weighted by molar-refractivity contribution is 0.285. The Labute approximate surface area is 69.9 Å². The number of hydrogen-bond donors (Lipinski definition) is 2. The second-order valence-electron chi connectivity index (χ2n) is 2.80. The van der Waals surface area contributed by atoms with Crippen LogP contribution in [-0.4, -0.2) is 11.7 Å². The van der Waals surface area contributed by atoms with E-state index in [4.69, 9.17) is 5.11 Å². The van der Waals surface area contributed by atoms with Crippen molar-refractivity contribution in [2.24, 2.45) is 0 Å². The molecule has 2 rings (SSSR count). The molecule has 0 saturated carbocycles. The number of aliphatic hydroxyl groups is 1. The van der Waals surface area contributed by atoms with Crippen LogP contribution in [0.5, 0.6) is 0 Å². The highest BCUT2D eigenvalue weighted by atomic mass is 32.1. The second-order valence-corrected chi connectivity index (χ2v) is 3.80. The fourth-order valence-electron chi connectivity index (χ4n) is 1.24. The van der Waals surface area contributed by atoms with Gasteiger partial charge in [0, 0.05) is 10.9 Å². The Balaban J connectivity index is 2.11. The van der Waals surface area contributed by atoms with Gasteiger partial charge in [-0.1, -0.05) is 0 Å². The van der Waals surface area contributed by atoms with Crippen LogP contribution in [0.3, 0.4) is 0 Å². The van der Waals surface area contributed by atoms with E-state index in [9.17, 15) is 0 Å². The first-order valence-electron chi connectivity index (χ1n) is 3.81. The van der Waals surface area contributed by atoms with E-state index in [-0.39, 0.29) is 6.61 Å². The van der Waals surface area contributed by atoms with Gasteiger partial charge in [0.1, 0.15) is 0 Å². The Kier molecular flexibility index (Phi) is 1.94. The summed E-state index contributed by atoms with van der Waals surface area (Å²) in [5.74, 6) is 0. The number of nitrogens with one attached hydrogen (secondary N) is 1. The predicted octanol–water partition coefficient (Wildman–Crippen LogP) is 1.27. The molecule has 1 aliphatic heterocycles. The lowest BCUT2D eigenvalue weighted by atomic mass is 10.0. The van der Waals surface area contributed by atoms with Gasteiger partial charge in [0.05, 0.1) is 6.61 Å². The summed E-state index contributed by atoms with van der Waals surface area (Å²) in [6, 6.07) is 2.65. The molecule has 11 heavy (non-hydrogen) atoms. The molecule has 1 aliphatic rings. The second kappa shape index (κ2) is 2.93. The van der Waals surface area contributed by atoms with Crippen molar-refractivity contribution in [3.63, 3.8) is 0 Å². The van der Waals surface area contributed by atoms with Crippen LogP contribution >= 0.6 is 11.3 Å². The first kappa shape index (κ1) is 7.28. The highest BCUT2D eigenvalue weighted by molar-refractivity contribution is 7.10. The van der Waals surface area contributed by atoms with Gasteiger partial charge in [0.25, 0.3) is 0 Å². The van der Waals surface area contributed by atoms with Crippen molar-refractivity contribution in [1.82, 2.24) is 5.32 Å². The van der Waals surface area contributed by atoms with Crippen LogP contribution < -0.4 is 5.32 Å². The summed E-state index contributed by atoms with van der Waals surface area (Å²) >= 11 is 1.64. The van der Waals surface area contributed by atoms with Gasteiger partial charge in [0.2, 0.25) is 0 Å². The van der Waals surface area contributed by atoms with Crippen molar-refractivity contribution in [3.05, 3.63) is 21.9 Å².